The van der Waals surface area contributed by atoms with Gasteiger partial charge >= 0.3 is 5.97 Å². The minimum Gasteiger partial charge on any atom is -0.481 e. The van der Waals surface area contributed by atoms with Crippen LogP contribution in [0.1, 0.15) is 42.5 Å². The summed E-state index contributed by atoms with van der Waals surface area (Å²) < 4.78 is 0. The zero-order valence-electron chi connectivity index (χ0n) is 15.9. The first-order valence-electron chi connectivity index (χ1n) is 9.83. The highest BCUT2D eigenvalue weighted by atomic mass is 32.1. The first-order chi connectivity index (χ1) is 13.5. The number of rotatable bonds is 7. The molecule has 1 aliphatic carbocycles. The molecule has 2 unspecified atom stereocenters. The van der Waals surface area contributed by atoms with Crippen LogP contribution in [0.5, 0.6) is 0 Å². The average molecular weight is 399 g/mol. The first kappa shape index (κ1) is 20.5. The van der Waals surface area contributed by atoms with Crippen LogP contribution in [-0.2, 0) is 27.2 Å². The van der Waals surface area contributed by atoms with Crippen molar-refractivity contribution in [3.63, 3.8) is 0 Å². The highest BCUT2D eigenvalue weighted by Crippen LogP contribution is 2.33. The zero-order chi connectivity index (χ0) is 19.9. The van der Waals surface area contributed by atoms with Crippen molar-refractivity contribution >= 4 is 28.9 Å². The van der Waals surface area contributed by atoms with Gasteiger partial charge in [-0.15, -0.1) is 11.3 Å². The topological polar surface area (TPSA) is 71.4 Å². The molecule has 4 nitrogen and oxygen atoms in total. The Labute approximate surface area is 169 Å². The standard InChI is InChI=1S/C23H26O4S/c24-19-12-17(11-16-5-2-1-3-6-16)13-22(25)21(15-23(26)27)18(14-19)8-9-20-7-4-10-28-20/h1-7,10,17-18,21H,8-9,11-15H2,(H,26,27)/t17-,18?,21?/m1/s1. The van der Waals surface area contributed by atoms with Crippen LogP contribution < -0.4 is 0 Å². The number of carbonyl (C=O) groups excluding carboxylic acids is 2. The smallest absolute Gasteiger partial charge is 0.304 e. The van der Waals surface area contributed by atoms with Crippen molar-refractivity contribution in [3.8, 4) is 0 Å². The molecule has 1 aliphatic rings. The van der Waals surface area contributed by atoms with Crippen LogP contribution in [0.3, 0.4) is 0 Å². The molecule has 148 valence electrons. The van der Waals surface area contributed by atoms with Crippen LogP contribution >= 0.6 is 11.3 Å². The number of aryl methyl sites for hydroxylation is 1. The zero-order valence-corrected chi connectivity index (χ0v) is 16.7. The molecule has 1 aromatic carbocycles. The maximum Gasteiger partial charge on any atom is 0.304 e. The third-order valence-corrected chi connectivity index (χ3v) is 6.52. The third-order valence-electron chi connectivity index (χ3n) is 5.58. The minimum atomic E-state index is -0.966. The molecule has 0 aliphatic heterocycles. The summed E-state index contributed by atoms with van der Waals surface area (Å²) in [7, 11) is 0. The lowest BCUT2D eigenvalue weighted by atomic mass is 9.73. The Morgan fingerprint density at radius 1 is 1.04 bits per heavy atom. The summed E-state index contributed by atoms with van der Waals surface area (Å²) in [6.45, 7) is 0. The Morgan fingerprint density at radius 2 is 1.82 bits per heavy atom. The number of benzene rings is 1. The van der Waals surface area contributed by atoms with E-state index in [-0.39, 0.29) is 36.2 Å². The lowest BCUT2D eigenvalue weighted by molar-refractivity contribution is -0.143. The molecule has 0 bridgehead atoms. The molecule has 1 fully saturated rings. The predicted octanol–water partition coefficient (Wildman–Crippen LogP) is 4.57. The van der Waals surface area contributed by atoms with E-state index in [1.807, 2.05) is 47.8 Å². The SMILES string of the molecule is O=C(O)CC1C(=O)C[C@H](Cc2ccccc2)CC(=O)CC1CCc1cccs1. The van der Waals surface area contributed by atoms with Crippen LogP contribution in [0.4, 0.5) is 0 Å². The molecule has 3 rings (SSSR count). The van der Waals surface area contributed by atoms with E-state index >= 15 is 0 Å². The van der Waals surface area contributed by atoms with E-state index in [1.165, 1.54) is 4.88 Å². The van der Waals surface area contributed by atoms with Crippen LogP contribution in [0.25, 0.3) is 0 Å². The highest BCUT2D eigenvalue weighted by molar-refractivity contribution is 7.09. The van der Waals surface area contributed by atoms with Gasteiger partial charge in [0.2, 0.25) is 0 Å². The predicted molar refractivity (Wildman–Crippen MR) is 109 cm³/mol. The number of hydrogen-bond acceptors (Lipinski definition) is 4. The van der Waals surface area contributed by atoms with Crippen LogP contribution in [0, 0.1) is 17.8 Å². The van der Waals surface area contributed by atoms with Gasteiger partial charge in [-0.2, -0.15) is 0 Å². The summed E-state index contributed by atoms with van der Waals surface area (Å²) in [6.07, 6.45) is 2.95. The summed E-state index contributed by atoms with van der Waals surface area (Å²) in [5.41, 5.74) is 1.11. The molecule has 5 heteroatoms. The Hall–Kier alpha value is -2.27. The molecule has 1 N–H and O–H groups in total. The maximum atomic E-state index is 13.0. The second-order valence-corrected chi connectivity index (χ2v) is 8.79. The number of carboxylic acid groups (broad SMARTS) is 1. The lowest BCUT2D eigenvalue weighted by Crippen LogP contribution is -2.33. The van der Waals surface area contributed by atoms with Crippen molar-refractivity contribution in [3.05, 3.63) is 58.3 Å². The van der Waals surface area contributed by atoms with Crippen molar-refractivity contribution < 1.29 is 19.5 Å². The van der Waals surface area contributed by atoms with Gasteiger partial charge in [0.05, 0.1) is 6.42 Å². The van der Waals surface area contributed by atoms with Gasteiger partial charge < -0.3 is 5.11 Å². The van der Waals surface area contributed by atoms with Gasteiger partial charge in [-0.1, -0.05) is 36.4 Å². The Morgan fingerprint density at radius 3 is 2.50 bits per heavy atom. The number of Topliss-reactive ketones (excluding diaryl/α,β-unsaturated/α-hetero) is 2. The third kappa shape index (κ3) is 5.86. The Kier molecular flexibility index (Phi) is 7.15. The summed E-state index contributed by atoms with van der Waals surface area (Å²) in [4.78, 5) is 38.3. The van der Waals surface area contributed by atoms with E-state index in [9.17, 15) is 19.5 Å². The van der Waals surface area contributed by atoms with Crippen LogP contribution in [-0.4, -0.2) is 22.6 Å². The highest BCUT2D eigenvalue weighted by Gasteiger charge is 2.35. The molecule has 0 saturated heterocycles. The molecule has 28 heavy (non-hydrogen) atoms. The molecular formula is C23H26O4S. The van der Waals surface area contributed by atoms with E-state index < -0.39 is 11.9 Å². The van der Waals surface area contributed by atoms with Gasteiger partial charge in [0.15, 0.2) is 0 Å². The monoisotopic (exact) mass is 398 g/mol. The largest absolute Gasteiger partial charge is 0.481 e. The van der Waals surface area contributed by atoms with Gasteiger partial charge in [-0.25, -0.2) is 0 Å². The van der Waals surface area contributed by atoms with E-state index in [4.69, 9.17) is 0 Å². The number of carboxylic acids is 1. The summed E-state index contributed by atoms with van der Waals surface area (Å²) in [5.74, 6) is -1.60. The molecule has 0 amide bonds. The van der Waals surface area contributed by atoms with Crippen molar-refractivity contribution in [1.29, 1.82) is 0 Å². The van der Waals surface area contributed by atoms with Gasteiger partial charge in [0.25, 0.3) is 0 Å². The number of carbonyl (C=O) groups is 3. The second-order valence-electron chi connectivity index (χ2n) is 7.76. The van der Waals surface area contributed by atoms with Crippen LogP contribution in [0.2, 0.25) is 0 Å². The fourth-order valence-corrected chi connectivity index (χ4v) is 4.98. The molecule has 1 saturated carbocycles. The fourth-order valence-electron chi connectivity index (χ4n) is 4.26. The van der Waals surface area contributed by atoms with Crippen LogP contribution in [0.15, 0.2) is 47.8 Å². The number of hydrogen-bond donors (Lipinski definition) is 1. The Bertz CT molecular complexity index is 797. The summed E-state index contributed by atoms with van der Waals surface area (Å²) in [5, 5.41) is 11.4. The quantitative estimate of drug-likeness (QED) is 0.742. The molecule has 1 heterocycles. The Balaban J connectivity index is 1.73. The van der Waals surface area contributed by atoms with E-state index in [0.29, 0.717) is 25.7 Å². The maximum absolute atomic E-state index is 13.0. The van der Waals surface area contributed by atoms with E-state index in [2.05, 4.69) is 0 Å². The van der Waals surface area contributed by atoms with Gasteiger partial charge in [-0.05, 0) is 48.1 Å². The first-order valence-corrected chi connectivity index (χ1v) is 10.7. The molecule has 0 spiro atoms. The minimum absolute atomic E-state index is 0.00649. The molecule has 0 radical (unpaired) electrons. The normalized spacial score (nSPS) is 23.2. The van der Waals surface area contributed by atoms with E-state index in [0.717, 1.165) is 12.0 Å². The van der Waals surface area contributed by atoms with Crippen molar-refractivity contribution in [2.45, 2.75) is 44.9 Å². The van der Waals surface area contributed by atoms with Gasteiger partial charge in [0, 0.05) is 30.1 Å². The molecule has 2 aromatic rings. The molecule has 1 aromatic heterocycles. The molecular weight excluding hydrogens is 372 g/mol. The molecule has 3 atom stereocenters. The van der Waals surface area contributed by atoms with E-state index in [1.54, 1.807) is 11.3 Å². The number of ketones is 2. The van der Waals surface area contributed by atoms with Crippen molar-refractivity contribution in [1.82, 2.24) is 0 Å². The number of aliphatic carboxylic acids is 1. The van der Waals surface area contributed by atoms with Gasteiger partial charge in [-0.3, -0.25) is 14.4 Å². The van der Waals surface area contributed by atoms with Gasteiger partial charge in [0.1, 0.15) is 11.6 Å². The summed E-state index contributed by atoms with van der Waals surface area (Å²) >= 11 is 1.65. The number of thiophene rings is 1. The lowest BCUT2D eigenvalue weighted by Gasteiger charge is -2.29. The van der Waals surface area contributed by atoms with Crippen molar-refractivity contribution in [2.75, 3.05) is 0 Å². The second kappa shape index (κ2) is 9.78. The average Bonchev–Trinajstić information content (AvgIpc) is 3.16. The fraction of sp³-hybridized carbons (Fsp3) is 0.435. The van der Waals surface area contributed by atoms with Crippen molar-refractivity contribution in [2.24, 2.45) is 17.8 Å². The summed E-state index contributed by atoms with van der Waals surface area (Å²) in [6, 6.07) is 13.9.